The zero-order chi connectivity index (χ0) is 0. The molecule has 0 unspecified atom stereocenters. The quantitative estimate of drug-likeness (QED) is 0.318. The van der Waals surface area contributed by atoms with Crippen LogP contribution in [0.15, 0.2) is 0 Å². The van der Waals surface area contributed by atoms with E-state index in [1.54, 1.807) is 0 Å². The maximum Gasteiger partial charge on any atom is 0.316 e. The average molecular weight is 93.5 g/mol. The van der Waals surface area contributed by atoms with Gasteiger partial charge in [-0.2, -0.15) is 0 Å². The van der Waals surface area contributed by atoms with Crippen LogP contribution in [0.2, 0.25) is 0 Å². The Labute approximate surface area is 46.0 Å². The van der Waals surface area contributed by atoms with E-state index in [2.05, 4.69) is 0 Å². The Morgan fingerprint density at radius 1 is 1.00 bits per heavy atom. The monoisotopic (exact) mass is 93.0 g/mol. The molecule has 4 heavy (non-hydrogen) atoms. The van der Waals surface area contributed by atoms with Crippen molar-refractivity contribution < 1.29 is 5.48 Å². The zero-order valence-corrected chi connectivity index (χ0v) is 1.21. The van der Waals surface area contributed by atoms with E-state index in [-0.39, 0.29) is 45.6 Å². The van der Waals surface area contributed by atoms with Gasteiger partial charge in [0.1, 0.15) is 0 Å². The Hall–Kier alpha value is 0.903. The van der Waals surface area contributed by atoms with Crippen molar-refractivity contribution in [1.82, 2.24) is 6.15 Å². The molecule has 0 fully saturated rings. The molecular formula is H11MgNOSi. The lowest BCUT2D eigenvalue weighted by atomic mass is 14.0. The average Bonchev–Trinajstić information content (AvgIpc) is 0. The maximum absolute atomic E-state index is 0. The molecule has 2 nitrogen and oxygen atoms in total. The molecule has 0 aromatic heterocycles. The van der Waals surface area contributed by atoms with Crippen molar-refractivity contribution in [3.63, 3.8) is 0 Å². The third-order valence-electron chi connectivity index (χ3n) is 0. The van der Waals surface area contributed by atoms with Crippen LogP contribution in [0, 0.1) is 0 Å². The first-order chi connectivity index (χ1) is 0. The van der Waals surface area contributed by atoms with E-state index >= 15 is 0 Å². The largest absolute Gasteiger partial charge is 0.412 e. The Morgan fingerprint density at radius 3 is 1.00 bits per heavy atom. The van der Waals surface area contributed by atoms with Gasteiger partial charge < -0.3 is 11.6 Å². The third-order valence-corrected chi connectivity index (χ3v) is 0. The first-order valence-electron chi connectivity index (χ1n) is 0. The second-order valence-corrected chi connectivity index (χ2v) is 0. The van der Waals surface area contributed by atoms with Gasteiger partial charge in [-0.05, 0) is 11.0 Å². The Kier molecular flexibility index (Phi) is 923. The molecule has 5 N–H and O–H groups in total. The van der Waals surface area contributed by atoms with Crippen molar-refractivity contribution in [3.8, 4) is 0 Å². The Balaban J connectivity index is 0. The number of hydrogen-bond acceptors (Lipinski definition) is 1. The molecule has 0 radical (unpaired) electrons. The molecule has 0 aromatic rings. The summed E-state index contributed by atoms with van der Waals surface area (Å²) >= 11 is 0. The molecule has 0 rings (SSSR count). The minimum absolute atomic E-state index is 0. The van der Waals surface area contributed by atoms with E-state index in [1.807, 2.05) is 0 Å². The van der Waals surface area contributed by atoms with Crippen molar-refractivity contribution in [1.29, 1.82) is 0 Å². The fourth-order valence-electron chi connectivity index (χ4n) is 0. The molecule has 0 spiro atoms. The van der Waals surface area contributed by atoms with Crippen LogP contribution in [0.25, 0.3) is 0 Å². The molecule has 0 aliphatic carbocycles. The fraction of sp³-hybridized carbons (Fsp3) is 0. The lowest BCUT2D eigenvalue weighted by molar-refractivity contribution is 0.824. The van der Waals surface area contributed by atoms with Gasteiger partial charge in [0.2, 0.25) is 0 Å². The fourth-order valence-corrected chi connectivity index (χ4v) is 0. The van der Waals surface area contributed by atoms with Gasteiger partial charge >= 0.3 is 23.1 Å². The van der Waals surface area contributed by atoms with Gasteiger partial charge in [0.15, 0.2) is 0 Å². The molecule has 4 heteroatoms. The van der Waals surface area contributed by atoms with Gasteiger partial charge in [-0.1, -0.05) is 0 Å². The van der Waals surface area contributed by atoms with E-state index < -0.39 is 0 Å². The van der Waals surface area contributed by atoms with Gasteiger partial charge in [-0.15, -0.1) is 0 Å². The van der Waals surface area contributed by atoms with E-state index in [4.69, 9.17) is 0 Å². The Bertz CT molecular complexity index is 8.00. The molecule has 0 amide bonds. The van der Waals surface area contributed by atoms with Gasteiger partial charge in [0.25, 0.3) is 0 Å². The molecule has 0 heterocycles. The van der Waals surface area contributed by atoms with Gasteiger partial charge in [-0.25, -0.2) is 0 Å². The minimum atomic E-state index is 0. The summed E-state index contributed by atoms with van der Waals surface area (Å²) in [5, 5.41) is 0. The molecule has 0 bridgehead atoms. The van der Waals surface area contributed by atoms with Gasteiger partial charge in [0, 0.05) is 0 Å². The summed E-state index contributed by atoms with van der Waals surface area (Å²) in [5.41, 5.74) is 0. The highest BCUT2D eigenvalue weighted by Crippen LogP contribution is -0.289. The van der Waals surface area contributed by atoms with Crippen molar-refractivity contribution >= 4 is 34.0 Å². The van der Waals surface area contributed by atoms with Crippen LogP contribution in [0.4, 0.5) is 0 Å². The normalized spacial score (nSPS) is 0. The van der Waals surface area contributed by atoms with Crippen LogP contribution in [0.1, 0.15) is 0 Å². The highest BCUT2D eigenvalue weighted by molar-refractivity contribution is 5.76. The summed E-state index contributed by atoms with van der Waals surface area (Å²) in [4.78, 5) is 0. The summed E-state index contributed by atoms with van der Waals surface area (Å²) < 4.78 is 0. The maximum atomic E-state index is 0. The third kappa shape index (κ3) is 12.9. The topological polar surface area (TPSA) is 66.5 Å². The molecular weight excluding hydrogens is 82.4 g/mol. The first kappa shape index (κ1) is 91.6. The lowest BCUT2D eigenvalue weighted by Crippen LogP contribution is -0.481. The predicted octanol–water partition coefficient (Wildman–Crippen LogP) is -3.03. The van der Waals surface area contributed by atoms with E-state index in [0.717, 1.165) is 0 Å². The van der Waals surface area contributed by atoms with Crippen LogP contribution < -0.4 is 6.15 Å². The molecule has 0 saturated heterocycles. The number of rotatable bonds is 0. The van der Waals surface area contributed by atoms with E-state index in [0.29, 0.717) is 0 Å². The SMILES string of the molecule is N.O.[MgH2].[SiH4]. The van der Waals surface area contributed by atoms with E-state index in [1.165, 1.54) is 0 Å². The molecule has 0 aromatic carbocycles. The van der Waals surface area contributed by atoms with Crippen LogP contribution >= 0.6 is 0 Å². The highest BCUT2D eigenvalue weighted by atomic mass is 28.1. The second-order valence-electron chi connectivity index (χ2n) is 0. The zero-order valence-electron chi connectivity index (χ0n) is 1.21. The highest BCUT2D eigenvalue weighted by Gasteiger charge is 0.316. The van der Waals surface area contributed by atoms with Crippen molar-refractivity contribution in [2.24, 2.45) is 0 Å². The summed E-state index contributed by atoms with van der Waals surface area (Å²) in [7, 11) is 0. The van der Waals surface area contributed by atoms with Crippen LogP contribution in [0.5, 0.6) is 0 Å². The van der Waals surface area contributed by atoms with Crippen LogP contribution in [-0.4, -0.2) is 39.5 Å². The summed E-state index contributed by atoms with van der Waals surface area (Å²) in [6.45, 7) is 0. The molecule has 0 saturated carbocycles. The van der Waals surface area contributed by atoms with Crippen molar-refractivity contribution in [2.75, 3.05) is 0 Å². The van der Waals surface area contributed by atoms with E-state index in [9.17, 15) is 0 Å². The van der Waals surface area contributed by atoms with Crippen molar-refractivity contribution in [3.05, 3.63) is 0 Å². The summed E-state index contributed by atoms with van der Waals surface area (Å²) in [6.07, 6.45) is 0. The summed E-state index contributed by atoms with van der Waals surface area (Å²) in [6, 6.07) is 0. The standard InChI is InChI=1S/Mg.H3N.H2O.H4Si.2H/h;1H3;1H2;1H4;;. The molecule has 0 aliphatic heterocycles. The smallest absolute Gasteiger partial charge is 0.316 e. The first-order valence-corrected chi connectivity index (χ1v) is 0. The van der Waals surface area contributed by atoms with Crippen molar-refractivity contribution in [2.45, 2.75) is 0 Å². The molecule has 0 aliphatic rings. The summed E-state index contributed by atoms with van der Waals surface area (Å²) in [5.74, 6) is 0. The second kappa shape index (κ2) is 40.3. The van der Waals surface area contributed by atoms with Crippen LogP contribution in [0.3, 0.4) is 0 Å². The van der Waals surface area contributed by atoms with Gasteiger partial charge in [0.05, 0.1) is 0 Å². The lowest BCUT2D eigenvalue weighted by Gasteiger charge is -0.412. The minimum Gasteiger partial charge on any atom is -0.412 e. The number of hydrogen-bond donors (Lipinski definition) is 1. The van der Waals surface area contributed by atoms with Gasteiger partial charge in [-0.3, -0.25) is 0 Å². The molecule has 0 atom stereocenters. The van der Waals surface area contributed by atoms with Crippen LogP contribution in [-0.2, 0) is 0 Å². The molecule has 28 valence electrons. The Morgan fingerprint density at radius 2 is 1.00 bits per heavy atom. The predicted molar refractivity (Wildman–Crippen MR) is 28.5 cm³/mol.